The van der Waals surface area contributed by atoms with Gasteiger partial charge < -0.3 is 10.5 Å². The fraction of sp³-hybridized carbons (Fsp3) is 0.381. The Kier molecular flexibility index (Phi) is 4.45. The van der Waals surface area contributed by atoms with Crippen molar-refractivity contribution in [2.45, 2.75) is 25.4 Å². The van der Waals surface area contributed by atoms with Crippen LogP contribution in [0, 0.1) is 11.8 Å². The van der Waals surface area contributed by atoms with E-state index in [-0.39, 0.29) is 5.97 Å². The van der Waals surface area contributed by atoms with E-state index in [1.54, 1.807) is 12.1 Å². The summed E-state index contributed by atoms with van der Waals surface area (Å²) in [4.78, 5) is 14.9. The first-order chi connectivity index (χ1) is 12.2. The molecule has 3 unspecified atom stereocenters. The van der Waals surface area contributed by atoms with Gasteiger partial charge in [0.25, 0.3) is 0 Å². The number of anilines is 1. The van der Waals surface area contributed by atoms with E-state index in [9.17, 15) is 4.79 Å². The summed E-state index contributed by atoms with van der Waals surface area (Å²) < 4.78 is 5.63. The Morgan fingerprint density at radius 3 is 2.64 bits per heavy atom. The van der Waals surface area contributed by atoms with Crippen molar-refractivity contribution in [2.24, 2.45) is 11.8 Å². The summed E-state index contributed by atoms with van der Waals surface area (Å²) in [6, 6.07) is 18.2. The van der Waals surface area contributed by atoms with E-state index in [2.05, 4.69) is 35.2 Å². The Labute approximate surface area is 148 Å². The standard InChI is InChI=1S/C21H24N2O2/c22-19-9-5-4-8-17(19)21(24)25-14-18-16-10-11-20(18)23(13-16)12-15-6-2-1-3-7-15/h1-9,16,18,20H,10-14,22H2. The molecule has 2 bridgehead atoms. The number of carbonyl (C=O) groups excluding carboxylic acids is 1. The predicted molar refractivity (Wildman–Crippen MR) is 98.0 cm³/mol. The van der Waals surface area contributed by atoms with Crippen molar-refractivity contribution in [1.82, 2.24) is 4.90 Å². The molecule has 2 aromatic rings. The molecule has 1 heterocycles. The fourth-order valence-corrected chi connectivity index (χ4v) is 4.42. The Morgan fingerprint density at radius 2 is 1.84 bits per heavy atom. The molecule has 130 valence electrons. The van der Waals surface area contributed by atoms with Gasteiger partial charge in [-0.2, -0.15) is 0 Å². The largest absolute Gasteiger partial charge is 0.462 e. The molecule has 4 heteroatoms. The number of nitrogen functional groups attached to an aromatic ring is 1. The third-order valence-corrected chi connectivity index (χ3v) is 5.69. The number of rotatable bonds is 5. The van der Waals surface area contributed by atoms with Gasteiger partial charge in [0.2, 0.25) is 0 Å². The zero-order valence-corrected chi connectivity index (χ0v) is 14.3. The quantitative estimate of drug-likeness (QED) is 0.672. The number of esters is 1. The Morgan fingerprint density at radius 1 is 1.08 bits per heavy atom. The second-order valence-corrected chi connectivity index (χ2v) is 7.17. The van der Waals surface area contributed by atoms with Crippen LogP contribution in [0.4, 0.5) is 5.69 Å². The van der Waals surface area contributed by atoms with Gasteiger partial charge in [0.05, 0.1) is 12.2 Å². The molecule has 4 nitrogen and oxygen atoms in total. The topological polar surface area (TPSA) is 55.6 Å². The van der Waals surface area contributed by atoms with Gasteiger partial charge in [0.15, 0.2) is 0 Å². The van der Waals surface area contributed by atoms with Crippen LogP contribution in [0.1, 0.15) is 28.8 Å². The molecule has 0 aromatic heterocycles. The van der Waals surface area contributed by atoms with Crippen molar-refractivity contribution in [1.29, 1.82) is 0 Å². The summed E-state index contributed by atoms with van der Waals surface area (Å²) in [5.74, 6) is 0.770. The minimum absolute atomic E-state index is 0.306. The van der Waals surface area contributed by atoms with E-state index in [4.69, 9.17) is 10.5 Å². The number of carbonyl (C=O) groups is 1. The summed E-state index contributed by atoms with van der Waals surface area (Å²) >= 11 is 0. The molecule has 1 aliphatic heterocycles. The van der Waals surface area contributed by atoms with E-state index >= 15 is 0 Å². The lowest BCUT2D eigenvalue weighted by atomic mass is 9.99. The number of para-hydroxylation sites is 1. The van der Waals surface area contributed by atoms with Gasteiger partial charge in [0, 0.05) is 30.7 Å². The molecule has 2 N–H and O–H groups in total. The van der Waals surface area contributed by atoms with Crippen LogP contribution in [0.2, 0.25) is 0 Å². The maximum Gasteiger partial charge on any atom is 0.340 e. The lowest BCUT2D eigenvalue weighted by Gasteiger charge is -2.27. The first-order valence-corrected chi connectivity index (χ1v) is 9.02. The fourth-order valence-electron chi connectivity index (χ4n) is 4.42. The van der Waals surface area contributed by atoms with Gasteiger partial charge in [-0.15, -0.1) is 0 Å². The average Bonchev–Trinajstić information content (AvgIpc) is 3.17. The molecule has 4 rings (SSSR count). The number of likely N-dealkylation sites (tertiary alicyclic amines) is 1. The number of ether oxygens (including phenoxy) is 1. The molecule has 0 radical (unpaired) electrons. The van der Waals surface area contributed by atoms with Crippen LogP contribution in [0.25, 0.3) is 0 Å². The highest BCUT2D eigenvalue weighted by Gasteiger charge is 2.46. The molecule has 3 atom stereocenters. The third-order valence-electron chi connectivity index (χ3n) is 5.69. The number of hydrogen-bond donors (Lipinski definition) is 1. The number of nitrogens with two attached hydrogens (primary N) is 1. The summed E-state index contributed by atoms with van der Waals surface area (Å²) in [6.07, 6.45) is 2.44. The van der Waals surface area contributed by atoms with Crippen LogP contribution in [0.5, 0.6) is 0 Å². The molecule has 25 heavy (non-hydrogen) atoms. The smallest absolute Gasteiger partial charge is 0.340 e. The van der Waals surface area contributed by atoms with Crippen LogP contribution < -0.4 is 5.73 Å². The molecule has 1 saturated heterocycles. The molecule has 2 aromatic carbocycles. The number of fused-ring (bicyclic) bond motifs is 2. The van der Waals surface area contributed by atoms with Crippen LogP contribution >= 0.6 is 0 Å². The highest BCUT2D eigenvalue weighted by molar-refractivity contribution is 5.94. The normalized spacial score (nSPS) is 25.2. The molecule has 0 spiro atoms. The van der Waals surface area contributed by atoms with E-state index in [0.717, 1.165) is 13.1 Å². The zero-order valence-electron chi connectivity index (χ0n) is 14.3. The molecule has 1 saturated carbocycles. The lowest BCUT2D eigenvalue weighted by Crippen LogP contribution is -2.33. The highest BCUT2D eigenvalue weighted by atomic mass is 16.5. The monoisotopic (exact) mass is 336 g/mol. The molecule has 1 aliphatic carbocycles. The van der Waals surface area contributed by atoms with E-state index in [1.807, 2.05) is 12.1 Å². The minimum Gasteiger partial charge on any atom is -0.462 e. The van der Waals surface area contributed by atoms with Crippen LogP contribution in [-0.4, -0.2) is 30.1 Å². The summed E-state index contributed by atoms with van der Waals surface area (Å²) in [5, 5.41) is 0. The van der Waals surface area contributed by atoms with Gasteiger partial charge >= 0.3 is 5.97 Å². The summed E-state index contributed by atoms with van der Waals surface area (Å²) in [5.41, 5.74) is 8.17. The molecule has 0 amide bonds. The van der Waals surface area contributed by atoms with Crippen LogP contribution in [0.15, 0.2) is 54.6 Å². The van der Waals surface area contributed by atoms with Crippen molar-refractivity contribution in [3.05, 3.63) is 65.7 Å². The van der Waals surface area contributed by atoms with Crippen molar-refractivity contribution >= 4 is 11.7 Å². The minimum atomic E-state index is -0.306. The Balaban J connectivity index is 1.37. The first-order valence-electron chi connectivity index (χ1n) is 9.02. The SMILES string of the molecule is Nc1ccccc1C(=O)OCC1C2CCC1N(Cc1ccccc1)C2. The first kappa shape index (κ1) is 16.2. The number of hydrogen-bond acceptors (Lipinski definition) is 4. The van der Waals surface area contributed by atoms with Gasteiger partial charge in [0.1, 0.15) is 0 Å². The molecule has 2 aliphatic rings. The predicted octanol–water partition coefficient (Wildman–Crippen LogP) is 3.34. The Hall–Kier alpha value is -2.33. The van der Waals surface area contributed by atoms with Crippen molar-refractivity contribution in [3.63, 3.8) is 0 Å². The van der Waals surface area contributed by atoms with Crippen LogP contribution in [-0.2, 0) is 11.3 Å². The zero-order chi connectivity index (χ0) is 17.2. The number of nitrogens with zero attached hydrogens (tertiary/aromatic N) is 1. The van der Waals surface area contributed by atoms with E-state index in [0.29, 0.717) is 35.7 Å². The van der Waals surface area contributed by atoms with Crippen molar-refractivity contribution < 1.29 is 9.53 Å². The van der Waals surface area contributed by atoms with Gasteiger partial charge in [-0.05, 0) is 36.5 Å². The molecular formula is C21H24N2O2. The van der Waals surface area contributed by atoms with Gasteiger partial charge in [-0.25, -0.2) is 4.79 Å². The molecular weight excluding hydrogens is 312 g/mol. The lowest BCUT2D eigenvalue weighted by molar-refractivity contribution is 0.0410. The van der Waals surface area contributed by atoms with E-state index in [1.165, 1.54) is 18.4 Å². The number of piperidine rings is 1. The maximum absolute atomic E-state index is 12.3. The Bertz CT molecular complexity index is 747. The maximum atomic E-state index is 12.3. The average molecular weight is 336 g/mol. The van der Waals surface area contributed by atoms with Gasteiger partial charge in [-0.3, -0.25) is 4.90 Å². The second kappa shape index (κ2) is 6.89. The van der Waals surface area contributed by atoms with Gasteiger partial charge in [-0.1, -0.05) is 42.5 Å². The molecule has 2 fully saturated rings. The summed E-state index contributed by atoms with van der Waals surface area (Å²) in [6.45, 7) is 2.58. The highest BCUT2D eigenvalue weighted by Crippen LogP contribution is 2.43. The third kappa shape index (κ3) is 3.27. The van der Waals surface area contributed by atoms with E-state index < -0.39 is 0 Å². The second-order valence-electron chi connectivity index (χ2n) is 7.17. The van der Waals surface area contributed by atoms with Crippen LogP contribution in [0.3, 0.4) is 0 Å². The number of benzene rings is 2. The van der Waals surface area contributed by atoms with Crippen molar-refractivity contribution in [3.8, 4) is 0 Å². The summed E-state index contributed by atoms with van der Waals surface area (Å²) in [7, 11) is 0. The van der Waals surface area contributed by atoms with Crippen molar-refractivity contribution in [2.75, 3.05) is 18.9 Å².